The zero-order valence-electron chi connectivity index (χ0n) is 13.5. The van der Waals surface area contributed by atoms with Crippen molar-refractivity contribution < 1.29 is 19.3 Å². The van der Waals surface area contributed by atoms with Gasteiger partial charge in [-0.2, -0.15) is 0 Å². The Labute approximate surface area is 132 Å². The standard InChI is InChI=1S/C15H25N2O4P/c1-13(2)17(14(3)4)22(18,19,12-8-11-16)21-20-15-9-6-5-7-10-15/h5-7,9-10,13-14,18-19H,8,12H2,1-4H3. The van der Waals surface area contributed by atoms with Crippen LogP contribution in [0.25, 0.3) is 0 Å². The molecule has 0 atom stereocenters. The van der Waals surface area contributed by atoms with Crippen LogP contribution in [0.4, 0.5) is 0 Å². The van der Waals surface area contributed by atoms with Crippen molar-refractivity contribution in [2.45, 2.75) is 46.2 Å². The van der Waals surface area contributed by atoms with E-state index in [-0.39, 0.29) is 24.7 Å². The van der Waals surface area contributed by atoms with E-state index in [9.17, 15) is 9.79 Å². The fourth-order valence-corrected chi connectivity index (χ4v) is 5.53. The van der Waals surface area contributed by atoms with Crippen LogP contribution in [0.2, 0.25) is 0 Å². The van der Waals surface area contributed by atoms with Gasteiger partial charge >= 0.3 is 131 Å². The molecule has 22 heavy (non-hydrogen) atoms. The molecule has 0 amide bonds. The minimum absolute atomic E-state index is 0.0427. The van der Waals surface area contributed by atoms with E-state index in [0.717, 1.165) is 0 Å². The Hall–Kier alpha value is -1.22. The molecule has 0 heterocycles. The summed E-state index contributed by atoms with van der Waals surface area (Å²) in [5.74, 6) is 0.365. The average Bonchev–Trinajstić information content (AvgIpc) is 2.43. The maximum absolute atomic E-state index is 11.0. The first-order valence-corrected chi connectivity index (χ1v) is 9.48. The molecule has 0 aliphatic carbocycles. The van der Waals surface area contributed by atoms with Gasteiger partial charge in [0.1, 0.15) is 0 Å². The fourth-order valence-electron chi connectivity index (χ4n) is 2.56. The van der Waals surface area contributed by atoms with Crippen molar-refractivity contribution in [3.05, 3.63) is 30.3 Å². The van der Waals surface area contributed by atoms with Crippen molar-refractivity contribution in [1.82, 2.24) is 4.67 Å². The van der Waals surface area contributed by atoms with Crippen molar-refractivity contribution in [3.63, 3.8) is 0 Å². The zero-order chi connectivity index (χ0) is 16.8. The van der Waals surface area contributed by atoms with E-state index < -0.39 is 7.43 Å². The molecule has 1 aromatic rings. The number of rotatable bonds is 8. The molecule has 2 N–H and O–H groups in total. The number of hydrogen-bond donors (Lipinski definition) is 2. The third kappa shape index (κ3) is 4.64. The molecule has 0 fully saturated rings. The van der Waals surface area contributed by atoms with Crippen LogP contribution >= 0.6 is 7.43 Å². The third-order valence-electron chi connectivity index (χ3n) is 3.17. The van der Waals surface area contributed by atoms with Gasteiger partial charge in [0.2, 0.25) is 0 Å². The molecule has 0 saturated heterocycles. The summed E-state index contributed by atoms with van der Waals surface area (Å²) in [6.07, 6.45) is -0.246. The zero-order valence-corrected chi connectivity index (χ0v) is 14.4. The first-order chi connectivity index (χ1) is 10.2. The van der Waals surface area contributed by atoms with Gasteiger partial charge in [0.15, 0.2) is 0 Å². The van der Waals surface area contributed by atoms with Crippen LogP contribution in [0.1, 0.15) is 34.1 Å². The van der Waals surface area contributed by atoms with E-state index in [4.69, 9.17) is 14.8 Å². The van der Waals surface area contributed by atoms with Gasteiger partial charge in [-0.1, -0.05) is 0 Å². The molecule has 1 rings (SSSR count). The molecular formula is C15H25N2O4P. The SMILES string of the molecule is CC(C)N(C(C)C)P(O)(O)(CCC#N)OOc1ccccc1. The number of benzene rings is 1. The molecule has 0 unspecified atom stereocenters. The van der Waals surface area contributed by atoms with Crippen LogP contribution in [0.5, 0.6) is 5.75 Å². The van der Waals surface area contributed by atoms with Crippen molar-refractivity contribution in [2.75, 3.05) is 6.16 Å². The Morgan fingerprint density at radius 2 is 1.68 bits per heavy atom. The van der Waals surface area contributed by atoms with Gasteiger partial charge in [0.25, 0.3) is 0 Å². The van der Waals surface area contributed by atoms with Gasteiger partial charge in [-0.15, -0.1) is 0 Å². The van der Waals surface area contributed by atoms with E-state index in [1.165, 1.54) is 4.67 Å². The summed E-state index contributed by atoms with van der Waals surface area (Å²) < 4.78 is 6.70. The summed E-state index contributed by atoms with van der Waals surface area (Å²) >= 11 is 0. The summed E-state index contributed by atoms with van der Waals surface area (Å²) in [6, 6.07) is 10.2. The van der Waals surface area contributed by atoms with Crippen LogP contribution < -0.4 is 4.89 Å². The molecule has 6 nitrogen and oxygen atoms in total. The van der Waals surface area contributed by atoms with Crippen LogP contribution in [-0.2, 0) is 4.67 Å². The normalized spacial score (nSPS) is 13.9. The Bertz CT molecular complexity index is 506. The van der Waals surface area contributed by atoms with Crippen molar-refractivity contribution >= 4 is 7.43 Å². The molecule has 0 aromatic heterocycles. The number of para-hydroxylation sites is 1. The van der Waals surface area contributed by atoms with Crippen molar-refractivity contribution in [2.24, 2.45) is 0 Å². The van der Waals surface area contributed by atoms with Crippen LogP contribution in [0.3, 0.4) is 0 Å². The van der Waals surface area contributed by atoms with Crippen LogP contribution in [0, 0.1) is 11.3 Å². The topological polar surface area (TPSA) is 86.0 Å². The Morgan fingerprint density at radius 3 is 2.14 bits per heavy atom. The second-order valence-electron chi connectivity index (χ2n) is 5.74. The Kier molecular flexibility index (Phi) is 6.30. The molecule has 1 aromatic carbocycles. The van der Waals surface area contributed by atoms with Crippen LogP contribution in [0.15, 0.2) is 30.3 Å². The Balaban J connectivity index is 3.08. The van der Waals surface area contributed by atoms with Crippen molar-refractivity contribution in [1.29, 1.82) is 5.26 Å². The van der Waals surface area contributed by atoms with E-state index >= 15 is 0 Å². The second kappa shape index (κ2) is 7.36. The van der Waals surface area contributed by atoms with E-state index in [0.29, 0.717) is 5.75 Å². The molecule has 0 aliphatic heterocycles. The predicted octanol–water partition coefficient (Wildman–Crippen LogP) is 3.23. The van der Waals surface area contributed by atoms with Gasteiger partial charge < -0.3 is 0 Å². The molecule has 7 heteroatoms. The molecule has 0 radical (unpaired) electrons. The third-order valence-corrected chi connectivity index (χ3v) is 6.40. The van der Waals surface area contributed by atoms with Gasteiger partial charge in [0, 0.05) is 0 Å². The molecule has 0 bridgehead atoms. The van der Waals surface area contributed by atoms with E-state index in [1.54, 1.807) is 24.3 Å². The van der Waals surface area contributed by atoms with Gasteiger partial charge in [-0.25, -0.2) is 0 Å². The quantitative estimate of drug-likeness (QED) is 0.433. The molecule has 0 aliphatic rings. The van der Waals surface area contributed by atoms with Crippen molar-refractivity contribution in [3.8, 4) is 11.8 Å². The number of nitrogens with zero attached hydrogens (tertiary/aromatic N) is 2. The summed E-state index contributed by atoms with van der Waals surface area (Å²) in [7, 11) is -4.81. The van der Waals surface area contributed by atoms with Crippen LogP contribution in [-0.4, -0.2) is 32.7 Å². The van der Waals surface area contributed by atoms with E-state index in [1.807, 2.05) is 39.8 Å². The maximum atomic E-state index is 11.0. The second-order valence-corrected chi connectivity index (χ2v) is 8.93. The summed E-state index contributed by atoms with van der Waals surface area (Å²) in [4.78, 5) is 27.1. The first-order valence-electron chi connectivity index (χ1n) is 7.28. The van der Waals surface area contributed by atoms with E-state index in [2.05, 4.69) is 0 Å². The van der Waals surface area contributed by atoms with Gasteiger partial charge in [0.05, 0.1) is 0 Å². The predicted molar refractivity (Wildman–Crippen MR) is 86.7 cm³/mol. The monoisotopic (exact) mass is 328 g/mol. The minimum atomic E-state index is -4.81. The number of hydrogen-bond acceptors (Lipinski definition) is 6. The summed E-state index contributed by atoms with van der Waals surface area (Å²) in [6.45, 7) is 7.36. The summed E-state index contributed by atoms with van der Waals surface area (Å²) in [5.41, 5.74) is 0. The molecule has 124 valence electrons. The van der Waals surface area contributed by atoms with Gasteiger partial charge in [-0.05, 0) is 0 Å². The average molecular weight is 328 g/mol. The fraction of sp³-hybridized carbons (Fsp3) is 0.533. The molecule has 0 saturated carbocycles. The Morgan fingerprint density at radius 1 is 1.14 bits per heavy atom. The number of nitriles is 1. The first kappa shape index (κ1) is 18.8. The molecule has 0 spiro atoms. The van der Waals surface area contributed by atoms with Gasteiger partial charge in [-0.3, -0.25) is 0 Å². The summed E-state index contributed by atoms with van der Waals surface area (Å²) in [5, 5.41) is 8.82. The molecular weight excluding hydrogens is 303 g/mol.